The SMILES string of the molecule is CC(C)(C)c1ccc(NC2=C(c3ccc(F)cc3)C(=O)N(c3ccc(F)cc3)C2=O)cc1. The normalized spacial score (nSPS) is 14.3. The van der Waals surface area contributed by atoms with Gasteiger partial charge in [-0.25, -0.2) is 13.7 Å². The van der Waals surface area contributed by atoms with Crippen molar-refractivity contribution in [2.45, 2.75) is 26.2 Å². The molecule has 1 aliphatic rings. The fourth-order valence-electron chi connectivity index (χ4n) is 3.55. The largest absolute Gasteiger partial charge is 0.350 e. The summed E-state index contributed by atoms with van der Waals surface area (Å²) in [6, 6.07) is 18.1. The van der Waals surface area contributed by atoms with Crippen molar-refractivity contribution in [1.82, 2.24) is 0 Å². The molecule has 0 fully saturated rings. The van der Waals surface area contributed by atoms with Gasteiger partial charge >= 0.3 is 0 Å². The molecule has 0 saturated carbocycles. The van der Waals surface area contributed by atoms with Crippen molar-refractivity contribution in [3.8, 4) is 0 Å². The number of benzene rings is 3. The van der Waals surface area contributed by atoms with Gasteiger partial charge < -0.3 is 5.32 Å². The first-order valence-corrected chi connectivity index (χ1v) is 10.2. The molecule has 3 aromatic rings. The van der Waals surface area contributed by atoms with Crippen molar-refractivity contribution in [1.29, 1.82) is 0 Å². The van der Waals surface area contributed by atoms with E-state index in [1.54, 1.807) is 0 Å². The number of rotatable bonds is 4. The Labute approximate surface area is 185 Å². The summed E-state index contributed by atoms with van der Waals surface area (Å²) in [5.74, 6) is -2.06. The Kier molecular flexibility index (Phi) is 5.38. The molecule has 3 aromatic carbocycles. The van der Waals surface area contributed by atoms with Crippen LogP contribution in [0.2, 0.25) is 0 Å². The van der Waals surface area contributed by atoms with Crippen molar-refractivity contribution in [3.63, 3.8) is 0 Å². The fourth-order valence-corrected chi connectivity index (χ4v) is 3.55. The van der Waals surface area contributed by atoms with E-state index in [0.29, 0.717) is 11.3 Å². The Morgan fingerprint density at radius 3 is 1.78 bits per heavy atom. The van der Waals surface area contributed by atoms with Crippen LogP contribution in [0.5, 0.6) is 0 Å². The number of anilines is 2. The summed E-state index contributed by atoms with van der Waals surface area (Å²) >= 11 is 0. The Morgan fingerprint density at radius 2 is 1.25 bits per heavy atom. The summed E-state index contributed by atoms with van der Waals surface area (Å²) in [5, 5.41) is 3.07. The number of halogens is 2. The Morgan fingerprint density at radius 1 is 0.719 bits per heavy atom. The van der Waals surface area contributed by atoms with E-state index < -0.39 is 23.4 Å². The molecule has 162 valence electrons. The minimum Gasteiger partial charge on any atom is -0.350 e. The lowest BCUT2D eigenvalue weighted by Gasteiger charge is -2.19. The van der Waals surface area contributed by atoms with E-state index in [2.05, 4.69) is 26.1 Å². The minimum absolute atomic E-state index is 0.0321. The topological polar surface area (TPSA) is 49.4 Å². The Bertz CT molecular complexity index is 1210. The highest BCUT2D eigenvalue weighted by atomic mass is 19.1. The van der Waals surface area contributed by atoms with Crippen molar-refractivity contribution >= 4 is 28.8 Å². The second-order valence-electron chi connectivity index (χ2n) is 8.63. The van der Waals surface area contributed by atoms with E-state index in [1.807, 2.05) is 24.3 Å². The van der Waals surface area contributed by atoms with Crippen molar-refractivity contribution < 1.29 is 18.4 Å². The number of hydrogen-bond donors (Lipinski definition) is 1. The van der Waals surface area contributed by atoms with Gasteiger partial charge in [0.05, 0.1) is 11.3 Å². The number of amides is 2. The molecule has 0 saturated heterocycles. The standard InChI is InChI=1S/C26H22F2N2O2/c1-26(2,3)17-6-12-20(13-7-17)29-23-22(16-4-8-18(27)9-5-16)24(31)30(25(23)32)21-14-10-19(28)11-15-21/h4-15,29H,1-3H3. The lowest BCUT2D eigenvalue weighted by Crippen LogP contribution is -2.32. The average molecular weight is 432 g/mol. The summed E-state index contributed by atoms with van der Waals surface area (Å²) in [6.45, 7) is 6.30. The van der Waals surface area contributed by atoms with Crippen LogP contribution in [0.25, 0.3) is 5.57 Å². The molecule has 1 heterocycles. The molecule has 0 bridgehead atoms. The summed E-state index contributed by atoms with van der Waals surface area (Å²) < 4.78 is 26.9. The first kappa shape index (κ1) is 21.4. The number of nitrogens with one attached hydrogen (secondary N) is 1. The van der Waals surface area contributed by atoms with Crippen LogP contribution in [-0.4, -0.2) is 11.8 Å². The maximum Gasteiger partial charge on any atom is 0.282 e. The zero-order valence-corrected chi connectivity index (χ0v) is 17.9. The van der Waals surface area contributed by atoms with Crippen molar-refractivity contribution in [2.24, 2.45) is 0 Å². The lowest BCUT2D eigenvalue weighted by molar-refractivity contribution is -0.120. The molecule has 4 nitrogen and oxygen atoms in total. The third kappa shape index (κ3) is 4.04. The monoisotopic (exact) mass is 432 g/mol. The molecule has 32 heavy (non-hydrogen) atoms. The van der Waals surface area contributed by atoms with Crippen LogP contribution in [0, 0.1) is 11.6 Å². The number of carbonyl (C=O) groups is 2. The lowest BCUT2D eigenvalue weighted by atomic mass is 9.87. The van der Waals surface area contributed by atoms with E-state index in [9.17, 15) is 18.4 Å². The van der Waals surface area contributed by atoms with E-state index in [-0.39, 0.29) is 22.4 Å². The van der Waals surface area contributed by atoms with E-state index in [1.165, 1.54) is 48.5 Å². The molecule has 2 amide bonds. The van der Waals surface area contributed by atoms with Gasteiger partial charge in [0.25, 0.3) is 11.8 Å². The highest BCUT2D eigenvalue weighted by Gasteiger charge is 2.40. The summed E-state index contributed by atoms with van der Waals surface area (Å²) in [6.07, 6.45) is 0. The second-order valence-corrected chi connectivity index (χ2v) is 8.63. The Balaban J connectivity index is 1.77. The predicted molar refractivity (Wildman–Crippen MR) is 121 cm³/mol. The predicted octanol–water partition coefficient (Wildman–Crippen LogP) is 5.66. The van der Waals surface area contributed by atoms with Gasteiger partial charge in [-0.3, -0.25) is 9.59 Å². The Hall–Kier alpha value is -3.80. The van der Waals surface area contributed by atoms with E-state index in [0.717, 1.165) is 10.5 Å². The van der Waals surface area contributed by atoms with Gasteiger partial charge in [0, 0.05) is 5.69 Å². The molecule has 0 aliphatic carbocycles. The first-order valence-electron chi connectivity index (χ1n) is 10.2. The van der Waals surface area contributed by atoms with Gasteiger partial charge in [0.15, 0.2) is 0 Å². The van der Waals surface area contributed by atoms with Crippen LogP contribution < -0.4 is 10.2 Å². The first-order chi connectivity index (χ1) is 15.1. The van der Waals surface area contributed by atoms with Crippen LogP contribution in [0.1, 0.15) is 31.9 Å². The summed E-state index contributed by atoms with van der Waals surface area (Å²) in [5.41, 5.74) is 2.58. The molecule has 0 spiro atoms. The van der Waals surface area contributed by atoms with Gasteiger partial charge in [0.2, 0.25) is 0 Å². The molecule has 0 radical (unpaired) electrons. The molecule has 0 atom stereocenters. The maximum absolute atomic E-state index is 13.5. The fraction of sp³-hybridized carbons (Fsp3) is 0.154. The second kappa shape index (κ2) is 8.04. The maximum atomic E-state index is 13.5. The highest BCUT2D eigenvalue weighted by Crippen LogP contribution is 2.34. The molecule has 1 aliphatic heterocycles. The zero-order valence-electron chi connectivity index (χ0n) is 17.9. The molecule has 6 heteroatoms. The molecular formula is C26H22F2N2O2. The summed E-state index contributed by atoms with van der Waals surface area (Å²) in [4.78, 5) is 27.6. The molecule has 1 N–H and O–H groups in total. The third-order valence-electron chi connectivity index (χ3n) is 5.32. The van der Waals surface area contributed by atoms with Crippen LogP contribution >= 0.6 is 0 Å². The van der Waals surface area contributed by atoms with Gasteiger partial charge in [-0.1, -0.05) is 45.0 Å². The van der Waals surface area contributed by atoms with Crippen LogP contribution in [-0.2, 0) is 15.0 Å². The van der Waals surface area contributed by atoms with Crippen LogP contribution in [0.4, 0.5) is 20.2 Å². The highest BCUT2D eigenvalue weighted by molar-refractivity contribution is 6.46. The minimum atomic E-state index is -0.569. The number of carbonyl (C=O) groups excluding carboxylic acids is 2. The quantitative estimate of drug-likeness (QED) is 0.542. The third-order valence-corrected chi connectivity index (χ3v) is 5.32. The van der Waals surface area contributed by atoms with Gasteiger partial charge in [-0.15, -0.1) is 0 Å². The molecule has 0 unspecified atom stereocenters. The van der Waals surface area contributed by atoms with Gasteiger partial charge in [-0.2, -0.15) is 0 Å². The zero-order chi connectivity index (χ0) is 23.0. The summed E-state index contributed by atoms with van der Waals surface area (Å²) in [7, 11) is 0. The van der Waals surface area contributed by atoms with Crippen LogP contribution in [0.15, 0.2) is 78.5 Å². The number of imide groups is 1. The average Bonchev–Trinajstić information content (AvgIpc) is 2.99. The van der Waals surface area contributed by atoms with Gasteiger partial charge in [0.1, 0.15) is 17.3 Å². The van der Waals surface area contributed by atoms with Gasteiger partial charge in [-0.05, 0) is 65.1 Å². The molecular weight excluding hydrogens is 410 g/mol. The van der Waals surface area contributed by atoms with Crippen molar-refractivity contribution in [2.75, 3.05) is 10.2 Å². The number of hydrogen-bond acceptors (Lipinski definition) is 3. The van der Waals surface area contributed by atoms with Crippen LogP contribution in [0.3, 0.4) is 0 Å². The smallest absolute Gasteiger partial charge is 0.282 e. The van der Waals surface area contributed by atoms with Crippen molar-refractivity contribution in [3.05, 3.63) is 101 Å². The molecule has 0 aromatic heterocycles. The van der Waals surface area contributed by atoms with E-state index >= 15 is 0 Å². The van der Waals surface area contributed by atoms with E-state index in [4.69, 9.17) is 0 Å². The number of nitrogens with zero attached hydrogens (tertiary/aromatic N) is 1. The molecule has 4 rings (SSSR count).